The van der Waals surface area contributed by atoms with Crippen LogP contribution in [0.4, 0.5) is 0 Å². The zero-order valence-corrected chi connectivity index (χ0v) is 16.5. The summed E-state index contributed by atoms with van der Waals surface area (Å²) in [6.45, 7) is 2.85. The fourth-order valence-electron chi connectivity index (χ4n) is 3.97. The van der Waals surface area contributed by atoms with Gasteiger partial charge in [-0.15, -0.1) is 0 Å². The number of carbonyl (C=O) groups is 1. The summed E-state index contributed by atoms with van der Waals surface area (Å²) in [4.78, 5) is 22.5. The quantitative estimate of drug-likeness (QED) is 0.594. The topological polar surface area (TPSA) is 84.2 Å². The molecule has 7 heteroatoms. The van der Waals surface area contributed by atoms with Crippen molar-refractivity contribution in [1.82, 2.24) is 20.0 Å². The molecule has 1 aliphatic heterocycles. The lowest BCUT2D eigenvalue weighted by atomic mass is 10.1. The van der Waals surface area contributed by atoms with Gasteiger partial charge in [0.1, 0.15) is 0 Å². The van der Waals surface area contributed by atoms with Gasteiger partial charge < -0.3 is 19.1 Å². The number of para-hydroxylation sites is 1. The lowest BCUT2D eigenvalue weighted by Crippen LogP contribution is -2.29. The van der Waals surface area contributed by atoms with Gasteiger partial charge in [0.15, 0.2) is 5.82 Å². The van der Waals surface area contributed by atoms with Crippen molar-refractivity contribution in [2.75, 3.05) is 26.3 Å². The van der Waals surface area contributed by atoms with Gasteiger partial charge in [-0.25, -0.2) is 0 Å². The Labute approximate surface area is 169 Å². The molecule has 1 amide bonds. The van der Waals surface area contributed by atoms with E-state index in [1.807, 2.05) is 29.3 Å². The highest BCUT2D eigenvalue weighted by atomic mass is 16.5. The van der Waals surface area contributed by atoms with Crippen LogP contribution in [0.15, 0.2) is 35.0 Å². The largest absolute Gasteiger partial charge is 0.381 e. The average Bonchev–Trinajstić information content (AvgIpc) is 3.13. The molecule has 1 aromatic carbocycles. The van der Waals surface area contributed by atoms with Crippen molar-refractivity contribution in [1.29, 1.82) is 0 Å². The number of rotatable bonds is 8. The molecule has 3 aromatic rings. The first-order valence-corrected chi connectivity index (χ1v) is 10.5. The van der Waals surface area contributed by atoms with Crippen LogP contribution in [0, 0.1) is 5.92 Å². The first-order valence-electron chi connectivity index (χ1n) is 10.5. The van der Waals surface area contributed by atoms with Gasteiger partial charge in [-0.3, -0.25) is 4.79 Å². The monoisotopic (exact) mass is 394 g/mol. The summed E-state index contributed by atoms with van der Waals surface area (Å²) in [5, 5.41) is 5.20. The Morgan fingerprint density at radius 1 is 1.28 bits per heavy atom. The van der Waals surface area contributed by atoms with E-state index in [1.165, 1.54) is 12.8 Å². The molecule has 2 aliphatic rings. The maximum atomic E-state index is 12.8. The molecule has 1 atom stereocenters. The molecule has 152 valence electrons. The lowest BCUT2D eigenvalue weighted by Gasteiger charge is -2.15. The van der Waals surface area contributed by atoms with Gasteiger partial charge in [0, 0.05) is 43.2 Å². The third-order valence-corrected chi connectivity index (χ3v) is 5.91. The van der Waals surface area contributed by atoms with Gasteiger partial charge >= 0.3 is 0 Å². The Bertz CT molecular complexity index is 991. The predicted molar refractivity (Wildman–Crippen MR) is 107 cm³/mol. The number of amides is 1. The van der Waals surface area contributed by atoms with Gasteiger partial charge in [0.25, 0.3) is 0 Å². The molecule has 1 saturated heterocycles. The van der Waals surface area contributed by atoms with Gasteiger partial charge in [-0.05, 0) is 36.8 Å². The van der Waals surface area contributed by atoms with Crippen molar-refractivity contribution in [2.45, 2.75) is 38.0 Å². The summed E-state index contributed by atoms with van der Waals surface area (Å²) in [7, 11) is 0. The van der Waals surface area contributed by atoms with E-state index in [9.17, 15) is 4.79 Å². The maximum absolute atomic E-state index is 12.8. The summed E-state index contributed by atoms with van der Waals surface area (Å²) in [5.41, 5.74) is 2.11. The summed E-state index contributed by atoms with van der Waals surface area (Å²) in [5.74, 6) is 2.37. The molecule has 3 heterocycles. The third-order valence-electron chi connectivity index (χ3n) is 5.91. The van der Waals surface area contributed by atoms with Crippen LogP contribution in [0.3, 0.4) is 0 Å². The number of likely N-dealkylation sites (tertiary alicyclic amines) is 1. The van der Waals surface area contributed by atoms with E-state index in [4.69, 9.17) is 9.26 Å². The minimum absolute atomic E-state index is 0.121. The summed E-state index contributed by atoms with van der Waals surface area (Å²) < 4.78 is 11.1. The molecule has 1 N–H and O–H groups in total. The minimum atomic E-state index is 0.121. The number of aromatic amines is 1. The van der Waals surface area contributed by atoms with E-state index in [0.29, 0.717) is 37.7 Å². The zero-order chi connectivity index (χ0) is 19.6. The number of hydrogen-bond donors (Lipinski definition) is 1. The Morgan fingerprint density at radius 2 is 2.17 bits per heavy atom. The minimum Gasteiger partial charge on any atom is -0.381 e. The molecule has 0 bridgehead atoms. The van der Waals surface area contributed by atoms with Crippen molar-refractivity contribution in [3.05, 3.63) is 47.7 Å². The molecule has 0 radical (unpaired) electrons. The molecule has 29 heavy (non-hydrogen) atoms. The first kappa shape index (κ1) is 18.4. The van der Waals surface area contributed by atoms with Gasteiger partial charge in [0.05, 0.1) is 18.9 Å². The molecule has 1 unspecified atom stereocenters. The van der Waals surface area contributed by atoms with Crippen molar-refractivity contribution in [2.24, 2.45) is 5.92 Å². The maximum Gasteiger partial charge on any atom is 0.231 e. The van der Waals surface area contributed by atoms with Crippen LogP contribution in [0.1, 0.15) is 42.5 Å². The van der Waals surface area contributed by atoms with E-state index in [-0.39, 0.29) is 11.8 Å². The third kappa shape index (κ3) is 4.19. The second-order valence-electron chi connectivity index (χ2n) is 8.18. The number of hydrogen-bond acceptors (Lipinski definition) is 5. The molecule has 1 aliphatic carbocycles. The van der Waals surface area contributed by atoms with E-state index >= 15 is 0 Å². The molecule has 2 fully saturated rings. The van der Waals surface area contributed by atoms with Crippen molar-refractivity contribution in [3.8, 4) is 0 Å². The Balaban J connectivity index is 1.14. The van der Waals surface area contributed by atoms with Crippen molar-refractivity contribution >= 4 is 16.8 Å². The van der Waals surface area contributed by atoms with E-state index in [0.717, 1.165) is 42.0 Å². The average molecular weight is 394 g/mol. The standard InChI is InChI=1S/C22H26N4O3/c27-21(11-17-12-23-19-4-2-1-3-18(17)19)26-9-7-16(13-26)22-24-20(25-29-22)8-10-28-14-15-5-6-15/h1-4,12,15-16,23H,5-11,13-14H2. The zero-order valence-electron chi connectivity index (χ0n) is 16.5. The SMILES string of the molecule is O=C(Cc1c[nH]c2ccccc12)N1CCC(c2nc(CCOCC3CC3)no2)C1. The van der Waals surface area contributed by atoms with E-state index in [2.05, 4.69) is 21.2 Å². The summed E-state index contributed by atoms with van der Waals surface area (Å²) in [6, 6.07) is 8.07. The molecule has 1 saturated carbocycles. The molecule has 7 nitrogen and oxygen atoms in total. The lowest BCUT2D eigenvalue weighted by molar-refractivity contribution is -0.129. The van der Waals surface area contributed by atoms with Crippen LogP contribution in [0.25, 0.3) is 10.9 Å². The van der Waals surface area contributed by atoms with Crippen LogP contribution in [-0.2, 0) is 22.4 Å². The number of benzene rings is 1. The van der Waals surface area contributed by atoms with Crippen LogP contribution in [0.5, 0.6) is 0 Å². The van der Waals surface area contributed by atoms with Crippen molar-refractivity contribution < 1.29 is 14.1 Å². The number of H-pyrrole nitrogens is 1. The molecule has 5 rings (SSSR count). The fraction of sp³-hybridized carbons (Fsp3) is 0.500. The van der Waals surface area contributed by atoms with Crippen LogP contribution < -0.4 is 0 Å². The predicted octanol–water partition coefficient (Wildman–Crippen LogP) is 3.08. The molecule has 2 aromatic heterocycles. The molecular weight excluding hydrogens is 368 g/mol. The smallest absolute Gasteiger partial charge is 0.231 e. The highest BCUT2D eigenvalue weighted by Crippen LogP contribution is 2.29. The second-order valence-corrected chi connectivity index (χ2v) is 8.18. The van der Waals surface area contributed by atoms with Crippen LogP contribution in [0.2, 0.25) is 0 Å². The van der Waals surface area contributed by atoms with Gasteiger partial charge in [0.2, 0.25) is 11.8 Å². The first-order chi connectivity index (χ1) is 14.3. The number of aromatic nitrogens is 3. The van der Waals surface area contributed by atoms with Crippen molar-refractivity contribution in [3.63, 3.8) is 0 Å². The van der Waals surface area contributed by atoms with Gasteiger partial charge in [-0.1, -0.05) is 23.4 Å². The van der Waals surface area contributed by atoms with Gasteiger partial charge in [-0.2, -0.15) is 4.98 Å². The summed E-state index contributed by atoms with van der Waals surface area (Å²) in [6.07, 6.45) is 6.47. The number of nitrogens with zero attached hydrogens (tertiary/aromatic N) is 3. The fourth-order valence-corrected chi connectivity index (χ4v) is 3.97. The van der Waals surface area contributed by atoms with E-state index in [1.54, 1.807) is 0 Å². The van der Waals surface area contributed by atoms with Crippen LogP contribution >= 0.6 is 0 Å². The Hall–Kier alpha value is -2.67. The number of carbonyl (C=O) groups excluding carboxylic acids is 1. The molecular formula is C22H26N4O3. The highest BCUT2D eigenvalue weighted by Gasteiger charge is 2.31. The Kier molecular flexibility index (Phi) is 5.06. The number of fused-ring (bicyclic) bond motifs is 1. The Morgan fingerprint density at radius 3 is 3.07 bits per heavy atom. The van der Waals surface area contributed by atoms with E-state index < -0.39 is 0 Å². The molecule has 0 spiro atoms. The normalized spacial score (nSPS) is 19.3. The highest BCUT2D eigenvalue weighted by molar-refractivity contribution is 5.89. The summed E-state index contributed by atoms with van der Waals surface area (Å²) >= 11 is 0. The second kappa shape index (κ2) is 7.99. The number of ether oxygens (including phenoxy) is 1. The number of nitrogens with one attached hydrogen (secondary N) is 1. The van der Waals surface area contributed by atoms with Crippen LogP contribution in [-0.4, -0.2) is 52.2 Å².